The van der Waals surface area contributed by atoms with E-state index in [9.17, 15) is 4.79 Å². The average molecular weight is 361 g/mol. The topological polar surface area (TPSA) is 36.1 Å². The quantitative estimate of drug-likeness (QED) is 0.656. The molecule has 0 amide bonds. The number of benzene rings is 2. The molecule has 27 heavy (non-hydrogen) atoms. The number of hydrogen-bond acceptors (Lipinski definition) is 2. The Morgan fingerprint density at radius 1 is 1.07 bits per heavy atom. The van der Waals surface area contributed by atoms with Crippen LogP contribution in [0, 0.1) is 19.8 Å². The summed E-state index contributed by atoms with van der Waals surface area (Å²) in [6, 6.07) is 14.6. The first-order valence-electron chi connectivity index (χ1n) is 10.0. The SMILES string of the molecule is Cc1ccc(C(=O)C2CCN(CCc3c[nH]c4ccccc34)CC2)cc1C. The number of ketones is 1. The molecule has 0 unspecified atom stereocenters. The minimum Gasteiger partial charge on any atom is -0.361 e. The minimum atomic E-state index is 0.177. The molecule has 0 spiro atoms. The molecule has 2 aromatic carbocycles. The number of aryl methyl sites for hydroxylation is 2. The van der Waals surface area contributed by atoms with Crippen molar-refractivity contribution in [1.29, 1.82) is 0 Å². The molecule has 1 saturated heterocycles. The van der Waals surface area contributed by atoms with Crippen LogP contribution in [0.15, 0.2) is 48.7 Å². The van der Waals surface area contributed by atoms with Crippen molar-refractivity contribution < 1.29 is 4.79 Å². The fourth-order valence-electron chi connectivity index (χ4n) is 4.17. The van der Waals surface area contributed by atoms with Gasteiger partial charge in [-0.1, -0.05) is 30.3 Å². The van der Waals surface area contributed by atoms with E-state index in [0.29, 0.717) is 5.78 Å². The van der Waals surface area contributed by atoms with Crippen LogP contribution in [0.25, 0.3) is 10.9 Å². The number of para-hydroxylation sites is 1. The van der Waals surface area contributed by atoms with Crippen molar-refractivity contribution in [3.05, 3.63) is 70.9 Å². The summed E-state index contributed by atoms with van der Waals surface area (Å²) >= 11 is 0. The van der Waals surface area contributed by atoms with E-state index < -0.39 is 0 Å². The number of H-pyrrole nitrogens is 1. The van der Waals surface area contributed by atoms with Crippen molar-refractivity contribution in [2.24, 2.45) is 5.92 Å². The lowest BCUT2D eigenvalue weighted by atomic mass is 9.88. The van der Waals surface area contributed by atoms with E-state index in [1.807, 2.05) is 6.07 Å². The highest BCUT2D eigenvalue weighted by Crippen LogP contribution is 2.24. The van der Waals surface area contributed by atoms with Crippen LogP contribution in [0.5, 0.6) is 0 Å². The van der Waals surface area contributed by atoms with Crippen LogP contribution in [-0.2, 0) is 6.42 Å². The number of fused-ring (bicyclic) bond motifs is 1. The molecule has 140 valence electrons. The van der Waals surface area contributed by atoms with Crippen LogP contribution in [0.4, 0.5) is 0 Å². The summed E-state index contributed by atoms with van der Waals surface area (Å²) < 4.78 is 0. The number of hydrogen-bond donors (Lipinski definition) is 1. The van der Waals surface area contributed by atoms with Gasteiger partial charge in [-0.3, -0.25) is 4.79 Å². The number of nitrogens with zero attached hydrogens (tertiary/aromatic N) is 1. The summed E-state index contributed by atoms with van der Waals surface area (Å²) in [6.07, 6.45) is 5.14. The maximum Gasteiger partial charge on any atom is 0.166 e. The van der Waals surface area contributed by atoms with E-state index in [0.717, 1.165) is 44.5 Å². The molecule has 3 nitrogen and oxygen atoms in total. The van der Waals surface area contributed by atoms with E-state index in [1.54, 1.807) is 0 Å². The number of Topliss-reactive ketones (excluding diaryl/α,β-unsaturated/α-hetero) is 1. The second-order valence-electron chi connectivity index (χ2n) is 7.89. The molecule has 3 heteroatoms. The number of carbonyl (C=O) groups is 1. The fourth-order valence-corrected chi connectivity index (χ4v) is 4.17. The summed E-state index contributed by atoms with van der Waals surface area (Å²) in [5, 5.41) is 1.33. The lowest BCUT2D eigenvalue weighted by Gasteiger charge is -2.31. The molecular weight excluding hydrogens is 332 g/mol. The van der Waals surface area contributed by atoms with Crippen molar-refractivity contribution in [2.45, 2.75) is 33.1 Å². The first-order chi connectivity index (χ1) is 13.1. The Kier molecular flexibility index (Phi) is 5.13. The lowest BCUT2D eigenvalue weighted by Crippen LogP contribution is -2.37. The van der Waals surface area contributed by atoms with Gasteiger partial charge >= 0.3 is 0 Å². The molecule has 1 aliphatic rings. The molecule has 2 heterocycles. The average Bonchev–Trinajstić information content (AvgIpc) is 3.11. The monoisotopic (exact) mass is 360 g/mol. The molecule has 1 fully saturated rings. The predicted molar refractivity (Wildman–Crippen MR) is 111 cm³/mol. The fraction of sp³-hybridized carbons (Fsp3) is 0.375. The van der Waals surface area contributed by atoms with Gasteiger partial charge in [0.15, 0.2) is 5.78 Å². The Morgan fingerprint density at radius 3 is 2.63 bits per heavy atom. The van der Waals surface area contributed by atoms with Crippen LogP contribution >= 0.6 is 0 Å². The molecule has 1 aliphatic heterocycles. The summed E-state index contributed by atoms with van der Waals surface area (Å²) in [7, 11) is 0. The molecule has 0 saturated carbocycles. The zero-order valence-electron chi connectivity index (χ0n) is 16.3. The van der Waals surface area contributed by atoms with Gasteiger partial charge in [0.1, 0.15) is 0 Å². The highest BCUT2D eigenvalue weighted by molar-refractivity contribution is 5.98. The molecule has 0 aliphatic carbocycles. The van der Waals surface area contributed by atoms with Crippen molar-refractivity contribution >= 4 is 16.7 Å². The molecule has 0 radical (unpaired) electrons. The van der Waals surface area contributed by atoms with E-state index in [-0.39, 0.29) is 5.92 Å². The highest BCUT2D eigenvalue weighted by Gasteiger charge is 2.25. The third-order valence-corrected chi connectivity index (χ3v) is 6.12. The molecule has 0 bridgehead atoms. The zero-order valence-corrected chi connectivity index (χ0v) is 16.3. The van der Waals surface area contributed by atoms with E-state index in [1.165, 1.54) is 27.6 Å². The first kappa shape index (κ1) is 18.0. The molecular formula is C24H28N2O. The van der Waals surface area contributed by atoms with Crippen molar-refractivity contribution in [3.8, 4) is 0 Å². The van der Waals surface area contributed by atoms with Gasteiger partial charge in [0.25, 0.3) is 0 Å². The van der Waals surface area contributed by atoms with Gasteiger partial charge in [0.2, 0.25) is 0 Å². The number of nitrogens with one attached hydrogen (secondary N) is 1. The second-order valence-corrected chi connectivity index (χ2v) is 7.89. The Labute approximate surface area is 161 Å². The Hall–Kier alpha value is -2.39. The molecule has 3 aromatic rings. The lowest BCUT2D eigenvalue weighted by molar-refractivity contribution is 0.0841. The number of rotatable bonds is 5. The molecule has 1 N–H and O–H groups in total. The van der Waals surface area contributed by atoms with Crippen LogP contribution in [0.2, 0.25) is 0 Å². The van der Waals surface area contributed by atoms with E-state index in [2.05, 4.69) is 66.3 Å². The van der Waals surface area contributed by atoms with Crippen LogP contribution in [0.3, 0.4) is 0 Å². The summed E-state index contributed by atoms with van der Waals surface area (Å²) in [6.45, 7) is 7.27. The zero-order chi connectivity index (χ0) is 18.8. The first-order valence-corrected chi connectivity index (χ1v) is 10.0. The number of aromatic amines is 1. The number of likely N-dealkylation sites (tertiary alicyclic amines) is 1. The van der Waals surface area contributed by atoms with Gasteiger partial charge in [-0.25, -0.2) is 0 Å². The Bertz CT molecular complexity index is 948. The standard InChI is InChI=1S/C24H28N2O/c1-17-7-8-20(15-18(17)2)24(27)19-9-12-26(13-10-19)14-11-21-16-25-23-6-4-3-5-22(21)23/h3-8,15-16,19,25H,9-14H2,1-2H3. The van der Waals surface area contributed by atoms with Gasteiger partial charge in [-0.05, 0) is 75.0 Å². The third kappa shape index (κ3) is 3.84. The number of aromatic nitrogens is 1. The molecule has 1 aromatic heterocycles. The maximum absolute atomic E-state index is 12.8. The van der Waals surface area contributed by atoms with Crippen molar-refractivity contribution in [1.82, 2.24) is 9.88 Å². The smallest absolute Gasteiger partial charge is 0.166 e. The second kappa shape index (κ2) is 7.69. The minimum absolute atomic E-state index is 0.177. The summed E-state index contributed by atoms with van der Waals surface area (Å²) in [5.41, 5.74) is 5.94. The normalized spacial score (nSPS) is 16.1. The largest absolute Gasteiger partial charge is 0.361 e. The van der Waals surface area contributed by atoms with Crippen LogP contribution in [0.1, 0.15) is 39.9 Å². The highest BCUT2D eigenvalue weighted by atomic mass is 16.1. The van der Waals surface area contributed by atoms with E-state index >= 15 is 0 Å². The van der Waals surface area contributed by atoms with Gasteiger partial charge in [-0.15, -0.1) is 0 Å². The van der Waals surface area contributed by atoms with Gasteiger partial charge < -0.3 is 9.88 Å². The molecule has 4 rings (SSSR count). The predicted octanol–water partition coefficient (Wildman–Crippen LogP) is 4.92. The van der Waals surface area contributed by atoms with E-state index in [4.69, 9.17) is 0 Å². The van der Waals surface area contributed by atoms with Gasteiger partial charge in [0.05, 0.1) is 0 Å². The van der Waals surface area contributed by atoms with Gasteiger partial charge in [0, 0.05) is 35.1 Å². The molecule has 0 atom stereocenters. The Morgan fingerprint density at radius 2 is 1.85 bits per heavy atom. The number of piperidine rings is 1. The van der Waals surface area contributed by atoms with Crippen molar-refractivity contribution in [2.75, 3.05) is 19.6 Å². The van der Waals surface area contributed by atoms with Crippen molar-refractivity contribution in [3.63, 3.8) is 0 Å². The van der Waals surface area contributed by atoms with Crippen LogP contribution < -0.4 is 0 Å². The summed E-state index contributed by atoms with van der Waals surface area (Å²) in [5.74, 6) is 0.505. The van der Waals surface area contributed by atoms with Crippen LogP contribution in [-0.4, -0.2) is 35.3 Å². The maximum atomic E-state index is 12.8. The Balaban J connectivity index is 1.32. The third-order valence-electron chi connectivity index (χ3n) is 6.12. The number of carbonyl (C=O) groups excluding carboxylic acids is 1. The summed E-state index contributed by atoms with van der Waals surface area (Å²) in [4.78, 5) is 18.7. The van der Waals surface area contributed by atoms with Gasteiger partial charge in [-0.2, -0.15) is 0 Å².